The minimum atomic E-state index is -0.484. The van der Waals surface area contributed by atoms with E-state index in [0.29, 0.717) is 11.4 Å². The molecular formula is C24H24N2O5. The largest absolute Gasteiger partial charge is 0.496 e. The van der Waals surface area contributed by atoms with Crippen LogP contribution in [0, 0.1) is 17.0 Å². The number of anilines is 1. The van der Waals surface area contributed by atoms with Crippen molar-refractivity contribution in [1.82, 2.24) is 0 Å². The van der Waals surface area contributed by atoms with Crippen molar-refractivity contribution in [2.75, 3.05) is 12.4 Å². The predicted molar refractivity (Wildman–Crippen MR) is 120 cm³/mol. The summed E-state index contributed by atoms with van der Waals surface area (Å²) in [5.41, 5.74) is 4.67. The Kier molecular flexibility index (Phi) is 5.50. The van der Waals surface area contributed by atoms with Gasteiger partial charge in [-0.1, -0.05) is 6.07 Å². The average molecular weight is 420 g/mol. The van der Waals surface area contributed by atoms with E-state index in [1.54, 1.807) is 20.1 Å². The maximum atomic E-state index is 12.7. The quantitative estimate of drug-likeness (QED) is 0.330. The van der Waals surface area contributed by atoms with Crippen molar-refractivity contribution < 1.29 is 18.9 Å². The van der Waals surface area contributed by atoms with Crippen molar-refractivity contribution in [3.63, 3.8) is 0 Å². The number of benzene rings is 2. The molecule has 0 aliphatic heterocycles. The van der Waals surface area contributed by atoms with Gasteiger partial charge in [0, 0.05) is 47.2 Å². The molecule has 1 aliphatic rings. The van der Waals surface area contributed by atoms with E-state index in [1.807, 2.05) is 19.1 Å². The molecule has 0 saturated heterocycles. The van der Waals surface area contributed by atoms with Gasteiger partial charge in [0.05, 0.1) is 17.7 Å². The molecular weight excluding hydrogens is 396 g/mol. The second-order valence-corrected chi connectivity index (χ2v) is 7.83. The van der Waals surface area contributed by atoms with Crippen LogP contribution in [0.5, 0.6) is 5.75 Å². The molecule has 0 bridgehead atoms. The Morgan fingerprint density at radius 2 is 2.00 bits per heavy atom. The summed E-state index contributed by atoms with van der Waals surface area (Å²) in [6.45, 7) is 3.63. The second kappa shape index (κ2) is 8.26. The van der Waals surface area contributed by atoms with Crippen molar-refractivity contribution in [2.24, 2.45) is 0 Å². The first-order valence-electron chi connectivity index (χ1n) is 10.2. The van der Waals surface area contributed by atoms with Crippen molar-refractivity contribution in [3.05, 3.63) is 69.0 Å². The Labute approximate surface area is 179 Å². The Morgan fingerprint density at radius 3 is 2.74 bits per heavy atom. The number of methoxy groups -OCH3 is 1. The van der Waals surface area contributed by atoms with Gasteiger partial charge >= 0.3 is 0 Å². The Hall–Kier alpha value is -3.61. The minimum absolute atomic E-state index is 0.0709. The number of hydrogen-bond donors (Lipinski definition) is 1. The Balaban J connectivity index is 1.66. The van der Waals surface area contributed by atoms with E-state index >= 15 is 0 Å². The number of furan rings is 1. The number of nitrogens with zero attached hydrogens (tertiary/aromatic N) is 1. The highest BCUT2D eigenvalue weighted by Crippen LogP contribution is 2.38. The van der Waals surface area contributed by atoms with Crippen LogP contribution in [0.4, 0.5) is 11.4 Å². The first-order valence-corrected chi connectivity index (χ1v) is 10.2. The van der Waals surface area contributed by atoms with Gasteiger partial charge in [-0.15, -0.1) is 0 Å². The molecule has 0 fully saturated rings. The van der Waals surface area contributed by atoms with Gasteiger partial charge in [0.1, 0.15) is 17.1 Å². The molecule has 1 aromatic heterocycles. The van der Waals surface area contributed by atoms with Crippen LogP contribution in [0.2, 0.25) is 0 Å². The summed E-state index contributed by atoms with van der Waals surface area (Å²) in [6.07, 6.45) is 5.69. The van der Waals surface area contributed by atoms with Crippen LogP contribution >= 0.6 is 0 Å². The second-order valence-electron chi connectivity index (χ2n) is 7.83. The van der Waals surface area contributed by atoms with E-state index in [1.165, 1.54) is 23.8 Å². The van der Waals surface area contributed by atoms with Gasteiger partial charge in [-0.2, -0.15) is 0 Å². The number of allylic oxidation sites excluding steroid dienone is 1. The van der Waals surface area contributed by atoms with Gasteiger partial charge in [0.15, 0.2) is 0 Å². The summed E-state index contributed by atoms with van der Waals surface area (Å²) in [7, 11) is 1.59. The molecule has 31 heavy (non-hydrogen) atoms. The van der Waals surface area contributed by atoms with Crippen LogP contribution in [0.3, 0.4) is 0 Å². The number of hydrogen-bond acceptors (Lipinski definition) is 5. The van der Waals surface area contributed by atoms with Crippen molar-refractivity contribution >= 4 is 33.8 Å². The fourth-order valence-corrected chi connectivity index (χ4v) is 4.07. The smallest absolute Gasteiger partial charge is 0.271 e. The van der Waals surface area contributed by atoms with Gasteiger partial charge in [0.25, 0.3) is 5.69 Å². The summed E-state index contributed by atoms with van der Waals surface area (Å²) in [5.74, 6) is 1.31. The monoisotopic (exact) mass is 420 g/mol. The number of aryl methyl sites for hydroxylation is 3. The SMILES string of the molecule is COc1cc2oc3c(c2cc1/C(C)=C/C(=O)Nc1cc([N+](=O)[O-])ccc1C)CCCC3. The van der Waals surface area contributed by atoms with Crippen LogP contribution in [0.1, 0.15) is 42.2 Å². The molecule has 1 heterocycles. The van der Waals surface area contributed by atoms with E-state index in [4.69, 9.17) is 9.15 Å². The maximum Gasteiger partial charge on any atom is 0.271 e. The molecule has 4 rings (SSSR count). The lowest BCUT2D eigenvalue weighted by Gasteiger charge is -2.11. The third kappa shape index (κ3) is 4.03. The van der Waals surface area contributed by atoms with E-state index in [0.717, 1.165) is 59.1 Å². The normalized spacial score (nSPS) is 13.7. The first-order chi connectivity index (χ1) is 14.9. The third-order valence-electron chi connectivity index (χ3n) is 5.74. The number of fused-ring (bicyclic) bond motifs is 3. The predicted octanol–water partition coefficient (Wildman–Crippen LogP) is 5.58. The van der Waals surface area contributed by atoms with Crippen molar-refractivity contribution in [2.45, 2.75) is 39.5 Å². The summed E-state index contributed by atoms with van der Waals surface area (Å²) < 4.78 is 11.6. The molecule has 1 aliphatic carbocycles. The highest BCUT2D eigenvalue weighted by atomic mass is 16.6. The molecule has 0 spiro atoms. The van der Waals surface area contributed by atoms with Crippen LogP contribution < -0.4 is 10.1 Å². The topological polar surface area (TPSA) is 94.6 Å². The lowest BCUT2D eigenvalue weighted by atomic mass is 9.94. The number of nitro benzene ring substituents is 1. The summed E-state index contributed by atoms with van der Waals surface area (Å²) in [6, 6.07) is 8.30. The third-order valence-corrected chi connectivity index (χ3v) is 5.74. The number of amides is 1. The van der Waals surface area contributed by atoms with E-state index in [-0.39, 0.29) is 11.6 Å². The van der Waals surface area contributed by atoms with Crippen LogP contribution in [-0.2, 0) is 17.6 Å². The average Bonchev–Trinajstić information content (AvgIpc) is 3.11. The van der Waals surface area contributed by atoms with Crippen LogP contribution in [0.15, 0.2) is 40.8 Å². The summed E-state index contributed by atoms with van der Waals surface area (Å²) >= 11 is 0. The molecule has 0 radical (unpaired) electrons. The minimum Gasteiger partial charge on any atom is -0.496 e. The number of nitrogens with one attached hydrogen (secondary N) is 1. The number of nitro groups is 1. The molecule has 2 aromatic carbocycles. The molecule has 0 unspecified atom stereocenters. The van der Waals surface area contributed by atoms with E-state index in [9.17, 15) is 14.9 Å². The number of ether oxygens (including phenoxy) is 1. The number of rotatable bonds is 5. The molecule has 1 amide bonds. The van der Waals surface area contributed by atoms with Crippen molar-refractivity contribution in [1.29, 1.82) is 0 Å². The fourth-order valence-electron chi connectivity index (χ4n) is 4.07. The lowest BCUT2D eigenvalue weighted by molar-refractivity contribution is -0.384. The zero-order valence-electron chi connectivity index (χ0n) is 17.8. The Bertz CT molecular complexity index is 1220. The summed E-state index contributed by atoms with van der Waals surface area (Å²) in [5, 5.41) is 14.8. The zero-order valence-corrected chi connectivity index (χ0v) is 17.8. The Morgan fingerprint density at radius 1 is 1.23 bits per heavy atom. The maximum absolute atomic E-state index is 12.7. The lowest BCUT2D eigenvalue weighted by Crippen LogP contribution is -2.10. The molecule has 7 nitrogen and oxygen atoms in total. The van der Waals surface area contributed by atoms with Gasteiger partial charge in [0.2, 0.25) is 5.91 Å². The highest BCUT2D eigenvalue weighted by Gasteiger charge is 2.20. The molecule has 1 N–H and O–H groups in total. The van der Waals surface area contributed by atoms with E-state index in [2.05, 4.69) is 5.32 Å². The van der Waals surface area contributed by atoms with Crippen LogP contribution in [0.25, 0.3) is 16.5 Å². The highest BCUT2D eigenvalue weighted by molar-refractivity contribution is 6.05. The summed E-state index contributed by atoms with van der Waals surface area (Å²) in [4.78, 5) is 23.2. The van der Waals surface area contributed by atoms with Crippen LogP contribution in [-0.4, -0.2) is 17.9 Å². The number of carbonyl (C=O) groups is 1. The van der Waals surface area contributed by atoms with E-state index < -0.39 is 4.92 Å². The number of non-ortho nitro benzene ring substituents is 1. The number of carbonyl (C=O) groups excluding carboxylic acids is 1. The first kappa shape index (κ1) is 20.7. The zero-order chi connectivity index (χ0) is 22.1. The molecule has 7 heteroatoms. The van der Waals surface area contributed by atoms with Crippen molar-refractivity contribution in [3.8, 4) is 5.75 Å². The van der Waals surface area contributed by atoms with Gasteiger partial charge in [-0.25, -0.2) is 0 Å². The van der Waals surface area contributed by atoms with Gasteiger partial charge in [-0.3, -0.25) is 14.9 Å². The van der Waals surface area contributed by atoms with Gasteiger partial charge < -0.3 is 14.5 Å². The molecule has 160 valence electrons. The standard InChI is InChI=1S/C24H24N2O5/c1-14-8-9-16(26(28)29)11-20(14)25-24(27)10-15(2)18-12-19-17-6-4-5-7-21(17)31-23(19)13-22(18)30-3/h8-13H,4-7H2,1-3H3,(H,25,27)/b15-10+. The molecule has 0 atom stereocenters. The van der Waals surface area contributed by atoms with Gasteiger partial charge in [-0.05, 0) is 50.3 Å². The molecule has 3 aromatic rings. The fraction of sp³-hybridized carbons (Fsp3) is 0.292. The molecule has 0 saturated carbocycles.